The van der Waals surface area contributed by atoms with Gasteiger partial charge in [-0.15, -0.1) is 0 Å². The number of methoxy groups -OCH3 is 1. The Labute approximate surface area is 238 Å². The molecule has 1 atom stereocenters. The van der Waals surface area contributed by atoms with Crippen molar-refractivity contribution < 1.29 is 33.9 Å². The number of hydrogen-bond donors (Lipinski definition) is 4. The first-order valence-electron chi connectivity index (χ1n) is 12.5. The van der Waals surface area contributed by atoms with E-state index in [2.05, 4.69) is 20.9 Å². The van der Waals surface area contributed by atoms with Crippen molar-refractivity contribution in [2.45, 2.75) is 19.4 Å². The molecule has 14 heteroatoms. The van der Waals surface area contributed by atoms with E-state index in [0.29, 0.717) is 22.8 Å². The molecule has 216 valence electrons. The van der Waals surface area contributed by atoms with Crippen LogP contribution in [-0.4, -0.2) is 56.8 Å². The molecule has 4 aromatic rings. The van der Waals surface area contributed by atoms with Crippen molar-refractivity contribution in [3.63, 3.8) is 0 Å². The van der Waals surface area contributed by atoms with Crippen molar-refractivity contribution >= 4 is 46.6 Å². The van der Waals surface area contributed by atoms with Gasteiger partial charge in [-0.25, -0.2) is 4.98 Å². The Morgan fingerprint density at radius 3 is 2.48 bits per heavy atom. The lowest BCUT2D eigenvalue weighted by Crippen LogP contribution is -2.30. The quantitative estimate of drug-likeness (QED) is 0.117. The standard InChI is InChI=1S/C28H26N6O8/c1-16(35)30-19-10-8-17(9-11-19)25-27(29-15-24(38)42-2)33-12-4-7-21(26(33)32-25)28(39)31-22(14-23(36)37)18-5-3-6-20(13-18)34(40)41/h3-13,22,29H,14-15H2,1-2H3,(H,30,35)(H,31,39)(H,36,37). The van der Waals surface area contributed by atoms with Crippen LogP contribution in [0.25, 0.3) is 16.9 Å². The Hall–Kier alpha value is -5.79. The van der Waals surface area contributed by atoms with E-state index in [9.17, 15) is 34.4 Å². The molecule has 42 heavy (non-hydrogen) atoms. The maximum absolute atomic E-state index is 13.5. The summed E-state index contributed by atoms with van der Waals surface area (Å²) >= 11 is 0. The van der Waals surface area contributed by atoms with E-state index in [-0.39, 0.29) is 34.9 Å². The molecule has 1 unspecified atom stereocenters. The van der Waals surface area contributed by atoms with E-state index >= 15 is 0 Å². The predicted molar refractivity (Wildman–Crippen MR) is 151 cm³/mol. The van der Waals surface area contributed by atoms with E-state index < -0.39 is 35.2 Å². The second kappa shape index (κ2) is 12.6. The molecule has 0 fully saturated rings. The SMILES string of the molecule is COC(=O)CNc1c(-c2ccc(NC(C)=O)cc2)nc2c(C(=O)NC(CC(=O)O)c3cccc([N+](=O)[O-])c3)cccn12. The largest absolute Gasteiger partial charge is 0.481 e. The number of nitro benzene ring substituents is 1. The highest BCUT2D eigenvalue weighted by molar-refractivity contribution is 6.01. The molecule has 4 rings (SSSR count). The highest BCUT2D eigenvalue weighted by Gasteiger charge is 2.24. The number of imidazole rings is 1. The molecule has 0 bridgehead atoms. The maximum atomic E-state index is 13.5. The molecule has 14 nitrogen and oxygen atoms in total. The molecule has 4 N–H and O–H groups in total. The molecule has 0 radical (unpaired) electrons. The molecular formula is C28H26N6O8. The van der Waals surface area contributed by atoms with Gasteiger partial charge in [0.05, 0.1) is 30.1 Å². The number of aliphatic carboxylic acids is 1. The number of carboxylic acid groups (broad SMARTS) is 1. The second-order valence-corrected chi connectivity index (χ2v) is 9.09. The van der Waals surface area contributed by atoms with Crippen LogP contribution in [0, 0.1) is 10.1 Å². The number of rotatable bonds is 11. The summed E-state index contributed by atoms with van der Waals surface area (Å²) in [5.41, 5.74) is 1.82. The van der Waals surface area contributed by atoms with Gasteiger partial charge in [-0.3, -0.25) is 33.7 Å². The molecule has 0 saturated carbocycles. The monoisotopic (exact) mass is 574 g/mol. The van der Waals surface area contributed by atoms with Gasteiger partial charge in [-0.2, -0.15) is 0 Å². The third-order valence-corrected chi connectivity index (χ3v) is 6.17. The number of ether oxygens (including phenoxy) is 1. The smallest absolute Gasteiger partial charge is 0.325 e. The van der Waals surface area contributed by atoms with Crippen molar-refractivity contribution in [3.8, 4) is 11.3 Å². The number of carboxylic acids is 1. The molecule has 0 aliphatic heterocycles. The molecule has 0 aliphatic rings. The van der Waals surface area contributed by atoms with Gasteiger partial charge in [0.25, 0.3) is 11.6 Å². The number of carbonyl (C=O) groups is 4. The average molecular weight is 575 g/mol. The van der Waals surface area contributed by atoms with Crippen molar-refractivity contribution in [3.05, 3.63) is 88.1 Å². The first-order valence-corrected chi connectivity index (χ1v) is 12.5. The van der Waals surface area contributed by atoms with Gasteiger partial charge >= 0.3 is 11.9 Å². The van der Waals surface area contributed by atoms with E-state index in [0.717, 1.165) is 0 Å². The molecular weight excluding hydrogens is 548 g/mol. The fourth-order valence-corrected chi connectivity index (χ4v) is 4.28. The Kier molecular flexibility index (Phi) is 8.75. The number of anilines is 2. The summed E-state index contributed by atoms with van der Waals surface area (Å²) in [6.07, 6.45) is 1.10. The summed E-state index contributed by atoms with van der Waals surface area (Å²) in [6.45, 7) is 1.18. The minimum atomic E-state index is -1.22. The average Bonchev–Trinajstić information content (AvgIpc) is 3.34. The highest BCUT2D eigenvalue weighted by atomic mass is 16.6. The number of benzene rings is 2. The number of hydrogen-bond acceptors (Lipinski definition) is 9. The van der Waals surface area contributed by atoms with E-state index in [1.54, 1.807) is 40.9 Å². The van der Waals surface area contributed by atoms with Gasteiger partial charge in [0.1, 0.15) is 18.1 Å². The zero-order chi connectivity index (χ0) is 30.4. The Balaban J connectivity index is 1.76. The normalized spacial score (nSPS) is 11.4. The van der Waals surface area contributed by atoms with Gasteiger partial charge in [0, 0.05) is 36.5 Å². The highest BCUT2D eigenvalue weighted by Crippen LogP contribution is 2.31. The molecule has 2 aromatic carbocycles. The maximum Gasteiger partial charge on any atom is 0.325 e. The molecule has 2 amide bonds. The summed E-state index contributed by atoms with van der Waals surface area (Å²) in [5, 5.41) is 29.1. The van der Waals surface area contributed by atoms with E-state index in [1.807, 2.05) is 0 Å². The van der Waals surface area contributed by atoms with Crippen LogP contribution in [0.4, 0.5) is 17.2 Å². The zero-order valence-electron chi connectivity index (χ0n) is 22.5. The van der Waals surface area contributed by atoms with Crippen LogP contribution in [0.3, 0.4) is 0 Å². The lowest BCUT2D eigenvalue weighted by Gasteiger charge is -2.17. The molecule has 2 heterocycles. The van der Waals surface area contributed by atoms with Crippen LogP contribution in [0.5, 0.6) is 0 Å². The van der Waals surface area contributed by atoms with Gasteiger partial charge in [-0.1, -0.05) is 24.3 Å². The van der Waals surface area contributed by atoms with Crippen molar-refractivity contribution in [1.82, 2.24) is 14.7 Å². The number of pyridine rings is 1. The Morgan fingerprint density at radius 1 is 1.10 bits per heavy atom. The van der Waals surface area contributed by atoms with Crippen LogP contribution in [0.15, 0.2) is 66.9 Å². The lowest BCUT2D eigenvalue weighted by molar-refractivity contribution is -0.384. The van der Waals surface area contributed by atoms with Crippen LogP contribution < -0.4 is 16.0 Å². The number of nitro groups is 1. The molecule has 2 aromatic heterocycles. The summed E-state index contributed by atoms with van der Waals surface area (Å²) in [5.74, 6) is -2.30. The number of aromatic nitrogens is 2. The topological polar surface area (TPSA) is 194 Å². The Bertz CT molecular complexity index is 1680. The van der Waals surface area contributed by atoms with Crippen molar-refractivity contribution in [2.75, 3.05) is 24.3 Å². The summed E-state index contributed by atoms with van der Waals surface area (Å²) in [4.78, 5) is 63.8. The van der Waals surface area contributed by atoms with Crippen molar-refractivity contribution in [2.24, 2.45) is 0 Å². The van der Waals surface area contributed by atoms with Crippen molar-refractivity contribution in [1.29, 1.82) is 0 Å². The predicted octanol–water partition coefficient (Wildman–Crippen LogP) is 3.40. The summed E-state index contributed by atoms with van der Waals surface area (Å²) in [7, 11) is 1.25. The van der Waals surface area contributed by atoms with Crippen LogP contribution in [0.1, 0.15) is 35.3 Å². The zero-order valence-corrected chi connectivity index (χ0v) is 22.5. The number of nitrogens with one attached hydrogen (secondary N) is 3. The third kappa shape index (κ3) is 6.67. The third-order valence-electron chi connectivity index (χ3n) is 6.17. The van der Waals surface area contributed by atoms with Gasteiger partial charge in [0.15, 0.2) is 5.65 Å². The lowest BCUT2D eigenvalue weighted by atomic mass is 10.0. The molecule has 0 saturated heterocycles. The van der Waals surface area contributed by atoms with Crippen LogP contribution >= 0.6 is 0 Å². The second-order valence-electron chi connectivity index (χ2n) is 9.09. The molecule has 0 spiro atoms. The van der Waals surface area contributed by atoms with E-state index in [1.165, 1.54) is 44.4 Å². The number of non-ortho nitro benzene ring substituents is 1. The number of esters is 1. The summed E-state index contributed by atoms with van der Waals surface area (Å²) < 4.78 is 6.30. The van der Waals surface area contributed by atoms with Gasteiger partial charge in [0.2, 0.25) is 5.91 Å². The number of nitrogens with zero attached hydrogens (tertiary/aromatic N) is 3. The Morgan fingerprint density at radius 2 is 1.83 bits per heavy atom. The minimum Gasteiger partial charge on any atom is -0.481 e. The first-order chi connectivity index (χ1) is 20.1. The van der Waals surface area contributed by atoms with Gasteiger partial charge in [-0.05, 0) is 29.8 Å². The van der Waals surface area contributed by atoms with Crippen LogP contribution in [0.2, 0.25) is 0 Å². The van der Waals surface area contributed by atoms with E-state index in [4.69, 9.17) is 4.74 Å². The van der Waals surface area contributed by atoms with Gasteiger partial charge < -0.3 is 25.8 Å². The fraction of sp³-hybridized carbons (Fsp3) is 0.179. The first kappa shape index (κ1) is 29.2. The number of carbonyl (C=O) groups excluding carboxylic acids is 3. The minimum absolute atomic E-state index is 0.0838. The molecule has 0 aliphatic carbocycles. The number of fused-ring (bicyclic) bond motifs is 1. The summed E-state index contributed by atoms with van der Waals surface area (Å²) in [6, 6.07) is 14.1. The fourth-order valence-electron chi connectivity index (χ4n) is 4.28. The van der Waals surface area contributed by atoms with Crippen LogP contribution in [-0.2, 0) is 19.1 Å². The number of amides is 2.